The molecule has 200 valence electrons. The zero-order valence-electron chi connectivity index (χ0n) is 15.7. The van der Waals surface area contributed by atoms with Crippen molar-refractivity contribution in [1.82, 2.24) is 0 Å². The van der Waals surface area contributed by atoms with Gasteiger partial charge in [-0.05, 0) is 6.42 Å². The van der Waals surface area contributed by atoms with Crippen LogP contribution >= 0.6 is 0 Å². The van der Waals surface area contributed by atoms with Crippen LogP contribution in [-0.4, -0.2) is 60.7 Å². The fourth-order valence-electron chi connectivity index (χ4n) is 2.06. The maximum absolute atomic E-state index is 13.6. The topological polar surface area (TPSA) is 50.1 Å². The van der Waals surface area contributed by atoms with Gasteiger partial charge in [0.15, 0.2) is 0 Å². The first-order valence-electron chi connectivity index (χ1n) is 7.84. The summed E-state index contributed by atoms with van der Waals surface area (Å²) in [6.07, 6.45) is -12.6. The summed E-state index contributed by atoms with van der Waals surface area (Å²) in [5.41, 5.74) is 0. The second kappa shape index (κ2) is 8.77. The van der Waals surface area contributed by atoms with Crippen molar-refractivity contribution in [3.8, 4) is 6.07 Å². The van der Waals surface area contributed by atoms with E-state index in [1.165, 1.54) is 0 Å². The molecule has 0 aromatic rings. The highest BCUT2D eigenvalue weighted by Crippen LogP contribution is 2.64. The maximum atomic E-state index is 13.6. The monoisotopic (exact) mass is 545 g/mol. The normalized spacial score (nSPS) is 16.1. The van der Waals surface area contributed by atoms with E-state index in [0.717, 1.165) is 6.07 Å². The Balaban J connectivity index is 6.50. The van der Waals surface area contributed by atoms with Gasteiger partial charge in [-0.15, -0.1) is 0 Å². The van der Waals surface area contributed by atoms with Crippen LogP contribution in [-0.2, 0) is 9.53 Å². The van der Waals surface area contributed by atoms with Crippen molar-refractivity contribution >= 4 is 5.97 Å². The molecule has 0 aromatic heterocycles. The molecular formula is C14H8F17NO2. The maximum Gasteiger partial charge on any atom is 0.460 e. The standard InChI is InChI=1S/C14H8F17NO2/c1-34-6(33)5(4-32)2-3-7(15,16)8(17,18)9(19,20)10(21,22)11(23,24)12(25,26)13(27,28)14(29,30)31/h5H,2-3H2,1H3. The van der Waals surface area contributed by atoms with E-state index < -0.39 is 72.4 Å². The number of alkyl halides is 17. The highest BCUT2D eigenvalue weighted by molar-refractivity contribution is 5.74. The van der Waals surface area contributed by atoms with Crippen LogP contribution in [0.15, 0.2) is 0 Å². The van der Waals surface area contributed by atoms with Crippen LogP contribution in [0.25, 0.3) is 0 Å². The number of nitriles is 1. The Bertz CT molecular complexity index is 795. The largest absolute Gasteiger partial charge is 0.468 e. The molecule has 0 saturated carbocycles. The van der Waals surface area contributed by atoms with E-state index in [2.05, 4.69) is 4.74 Å². The predicted octanol–water partition coefficient (Wildman–Crippen LogP) is 6.09. The van der Waals surface area contributed by atoms with Gasteiger partial charge in [0.2, 0.25) is 0 Å². The average molecular weight is 545 g/mol. The molecule has 20 heteroatoms. The number of carbonyl (C=O) groups is 1. The Hall–Kier alpha value is -2.23. The second-order valence-electron chi connectivity index (χ2n) is 6.39. The number of rotatable bonds is 10. The Morgan fingerprint density at radius 3 is 1.29 bits per heavy atom. The lowest BCUT2D eigenvalue weighted by Gasteiger charge is -2.42. The Morgan fingerprint density at radius 2 is 1.00 bits per heavy atom. The van der Waals surface area contributed by atoms with Crippen LogP contribution in [0.2, 0.25) is 0 Å². The number of nitrogens with zero attached hydrogens (tertiary/aromatic N) is 1. The third-order valence-corrected chi connectivity index (χ3v) is 4.18. The summed E-state index contributed by atoms with van der Waals surface area (Å²) in [4.78, 5) is 11.0. The summed E-state index contributed by atoms with van der Waals surface area (Å²) in [6.45, 7) is 0. The predicted molar refractivity (Wildman–Crippen MR) is 71.0 cm³/mol. The first-order valence-corrected chi connectivity index (χ1v) is 7.84. The van der Waals surface area contributed by atoms with E-state index in [4.69, 9.17) is 5.26 Å². The van der Waals surface area contributed by atoms with Gasteiger partial charge in [0.05, 0.1) is 13.2 Å². The Labute approximate surface area is 176 Å². The fraction of sp³-hybridized carbons (Fsp3) is 0.857. The van der Waals surface area contributed by atoms with Gasteiger partial charge in [-0.3, -0.25) is 4.79 Å². The molecule has 0 spiro atoms. The molecule has 0 aliphatic rings. The first-order chi connectivity index (χ1) is 14.7. The van der Waals surface area contributed by atoms with Crippen molar-refractivity contribution in [1.29, 1.82) is 5.26 Å². The zero-order chi connectivity index (χ0) is 28.0. The van der Waals surface area contributed by atoms with E-state index in [9.17, 15) is 79.4 Å². The van der Waals surface area contributed by atoms with Crippen molar-refractivity contribution in [2.75, 3.05) is 7.11 Å². The summed E-state index contributed by atoms with van der Waals surface area (Å²) in [5.74, 6) is -61.3. The fourth-order valence-corrected chi connectivity index (χ4v) is 2.06. The van der Waals surface area contributed by atoms with Crippen LogP contribution in [0.3, 0.4) is 0 Å². The number of methoxy groups -OCH3 is 1. The number of hydrogen-bond donors (Lipinski definition) is 0. The third-order valence-electron chi connectivity index (χ3n) is 4.18. The highest BCUT2D eigenvalue weighted by atomic mass is 19.4. The lowest BCUT2D eigenvalue weighted by atomic mass is 9.87. The molecule has 0 fully saturated rings. The lowest BCUT2D eigenvalue weighted by molar-refractivity contribution is -0.461. The molecule has 0 bridgehead atoms. The van der Waals surface area contributed by atoms with Gasteiger partial charge < -0.3 is 4.74 Å². The highest BCUT2D eigenvalue weighted by Gasteiger charge is 2.95. The van der Waals surface area contributed by atoms with Crippen molar-refractivity contribution < 1.29 is 84.2 Å². The lowest BCUT2D eigenvalue weighted by Crippen LogP contribution is -2.74. The number of ether oxygens (including phenoxy) is 1. The van der Waals surface area contributed by atoms with Crippen LogP contribution in [0.4, 0.5) is 74.6 Å². The van der Waals surface area contributed by atoms with E-state index in [1.807, 2.05) is 0 Å². The van der Waals surface area contributed by atoms with Gasteiger partial charge in [0.1, 0.15) is 5.92 Å². The molecule has 0 aliphatic heterocycles. The van der Waals surface area contributed by atoms with Gasteiger partial charge in [0, 0.05) is 6.42 Å². The zero-order valence-corrected chi connectivity index (χ0v) is 15.7. The van der Waals surface area contributed by atoms with E-state index >= 15 is 0 Å². The molecule has 0 amide bonds. The Morgan fingerprint density at radius 1 is 0.676 bits per heavy atom. The quantitative estimate of drug-likeness (QED) is 0.247. The van der Waals surface area contributed by atoms with Gasteiger partial charge in [-0.25, -0.2) is 0 Å². The molecule has 0 saturated heterocycles. The molecule has 0 rings (SSSR count). The van der Waals surface area contributed by atoms with E-state index in [0.29, 0.717) is 7.11 Å². The van der Waals surface area contributed by atoms with E-state index in [1.54, 1.807) is 0 Å². The van der Waals surface area contributed by atoms with Crippen molar-refractivity contribution in [2.45, 2.75) is 60.5 Å². The second-order valence-corrected chi connectivity index (χ2v) is 6.39. The van der Waals surface area contributed by atoms with Crippen LogP contribution in [0.5, 0.6) is 0 Å². The average Bonchev–Trinajstić information content (AvgIpc) is 2.66. The summed E-state index contributed by atoms with van der Waals surface area (Å²) in [7, 11) is 0.507. The molecule has 0 N–H and O–H groups in total. The SMILES string of the molecule is COC(=O)C(C#N)CCC(F)(F)C(F)(F)C(F)(F)C(F)(F)C(F)(F)C(F)(F)C(F)(F)C(F)(F)F. The number of esters is 1. The van der Waals surface area contributed by atoms with E-state index in [-0.39, 0.29) is 0 Å². The minimum Gasteiger partial charge on any atom is -0.468 e. The number of carbonyl (C=O) groups excluding carboxylic acids is 1. The Kier molecular flexibility index (Phi) is 8.19. The number of halogens is 17. The van der Waals surface area contributed by atoms with Crippen molar-refractivity contribution in [2.24, 2.45) is 5.92 Å². The molecule has 0 radical (unpaired) electrons. The summed E-state index contributed by atoms with van der Waals surface area (Å²) in [5, 5.41) is 8.46. The molecule has 3 nitrogen and oxygen atoms in total. The molecule has 0 aromatic carbocycles. The molecule has 34 heavy (non-hydrogen) atoms. The van der Waals surface area contributed by atoms with Gasteiger partial charge in [0.25, 0.3) is 0 Å². The molecular weight excluding hydrogens is 537 g/mol. The van der Waals surface area contributed by atoms with Crippen LogP contribution in [0, 0.1) is 17.2 Å². The smallest absolute Gasteiger partial charge is 0.460 e. The molecule has 0 heterocycles. The number of hydrogen-bond acceptors (Lipinski definition) is 3. The van der Waals surface area contributed by atoms with Gasteiger partial charge in [-0.2, -0.15) is 79.9 Å². The van der Waals surface area contributed by atoms with Gasteiger partial charge >= 0.3 is 53.6 Å². The minimum atomic E-state index is -8.71. The van der Waals surface area contributed by atoms with Crippen molar-refractivity contribution in [3.63, 3.8) is 0 Å². The first kappa shape index (κ1) is 31.8. The molecule has 1 atom stereocenters. The minimum absolute atomic E-state index is 0.507. The molecule has 0 aliphatic carbocycles. The van der Waals surface area contributed by atoms with Crippen LogP contribution in [0.1, 0.15) is 12.8 Å². The summed E-state index contributed by atoms with van der Waals surface area (Å²) in [6, 6.07) is 0.823. The van der Waals surface area contributed by atoms with Crippen molar-refractivity contribution in [3.05, 3.63) is 0 Å². The summed E-state index contributed by atoms with van der Waals surface area (Å²) >= 11 is 0. The summed E-state index contributed by atoms with van der Waals surface area (Å²) < 4.78 is 226. The third kappa shape index (κ3) is 4.41. The molecule has 1 unspecified atom stereocenters. The van der Waals surface area contributed by atoms with Gasteiger partial charge in [-0.1, -0.05) is 0 Å². The van der Waals surface area contributed by atoms with Crippen LogP contribution < -0.4 is 0 Å².